The molecule has 3 aliphatic rings. The zero-order chi connectivity index (χ0) is 36.0. The lowest BCUT2D eigenvalue weighted by atomic mass is 9.65. The summed E-state index contributed by atoms with van der Waals surface area (Å²) in [5, 5.41) is 0. The van der Waals surface area contributed by atoms with Crippen LogP contribution in [-0.4, -0.2) is 15.0 Å². The van der Waals surface area contributed by atoms with E-state index in [4.69, 9.17) is 9.97 Å². The number of pyridine rings is 1. The van der Waals surface area contributed by atoms with Crippen molar-refractivity contribution in [3.05, 3.63) is 209 Å². The van der Waals surface area contributed by atoms with Crippen molar-refractivity contribution in [1.29, 1.82) is 0 Å². The van der Waals surface area contributed by atoms with E-state index >= 15 is 0 Å². The van der Waals surface area contributed by atoms with Crippen LogP contribution in [0.5, 0.6) is 0 Å². The van der Waals surface area contributed by atoms with Crippen LogP contribution in [0, 0.1) is 0 Å². The third-order valence-corrected chi connectivity index (χ3v) is 12.0. The summed E-state index contributed by atoms with van der Waals surface area (Å²) < 4.78 is 0. The van der Waals surface area contributed by atoms with Crippen molar-refractivity contribution < 1.29 is 0 Å². The second-order valence-electron chi connectivity index (χ2n) is 15.2. The summed E-state index contributed by atoms with van der Waals surface area (Å²) in [5.74, 6) is 0.686. The normalized spacial score (nSPS) is 16.5. The lowest BCUT2D eigenvalue weighted by Crippen LogP contribution is -2.30. The predicted molar refractivity (Wildman–Crippen MR) is 220 cm³/mol. The summed E-state index contributed by atoms with van der Waals surface area (Å²) in [7, 11) is 0. The molecule has 1 unspecified atom stereocenters. The molecule has 0 radical (unpaired) electrons. The molecule has 0 saturated heterocycles. The Hall–Kier alpha value is -6.71. The van der Waals surface area contributed by atoms with Crippen molar-refractivity contribution in [3.63, 3.8) is 0 Å². The quantitative estimate of drug-likeness (QED) is 0.185. The van der Waals surface area contributed by atoms with E-state index < -0.39 is 5.41 Å². The first-order valence-electron chi connectivity index (χ1n) is 18.7. The number of rotatable bonds is 3. The Morgan fingerprint density at radius 3 is 1.80 bits per heavy atom. The number of hydrogen-bond donors (Lipinski definition) is 0. The summed E-state index contributed by atoms with van der Waals surface area (Å²) in [6.07, 6.45) is 8.26. The first kappa shape index (κ1) is 30.9. The maximum absolute atomic E-state index is 5.26. The molecular weight excluding hydrogens is 655 g/mol. The molecule has 0 bridgehead atoms. The number of benzene rings is 6. The van der Waals surface area contributed by atoms with Gasteiger partial charge in [0, 0.05) is 34.5 Å². The third-order valence-electron chi connectivity index (χ3n) is 12.0. The Balaban J connectivity index is 1.22. The van der Waals surface area contributed by atoms with Gasteiger partial charge in [0.15, 0.2) is 5.82 Å². The highest BCUT2D eigenvalue weighted by Crippen LogP contribution is 2.61. The largest absolute Gasteiger partial charge is 0.264 e. The molecule has 11 rings (SSSR count). The molecule has 1 atom stereocenters. The van der Waals surface area contributed by atoms with Crippen LogP contribution in [0.1, 0.15) is 58.4 Å². The van der Waals surface area contributed by atoms with Crippen molar-refractivity contribution in [2.75, 3.05) is 0 Å². The Bertz CT molecular complexity index is 2790. The summed E-state index contributed by atoms with van der Waals surface area (Å²) in [6.45, 7) is 4.74. The highest BCUT2D eigenvalue weighted by atomic mass is 14.9. The fraction of sp³-hybridized carbons (Fsp3) is 0.0784. The molecule has 1 spiro atoms. The van der Waals surface area contributed by atoms with E-state index in [1.807, 2.05) is 18.3 Å². The van der Waals surface area contributed by atoms with Crippen LogP contribution in [0.3, 0.4) is 0 Å². The minimum absolute atomic E-state index is 0.104. The monoisotopic (exact) mass is 689 g/mol. The fourth-order valence-electron chi connectivity index (χ4n) is 9.52. The maximum Gasteiger partial charge on any atom is 0.160 e. The lowest BCUT2D eigenvalue weighted by Gasteiger charge is -2.36. The molecule has 2 heterocycles. The van der Waals surface area contributed by atoms with E-state index in [2.05, 4.69) is 171 Å². The Kier molecular flexibility index (Phi) is 6.51. The van der Waals surface area contributed by atoms with E-state index in [1.54, 1.807) is 6.20 Å². The van der Waals surface area contributed by atoms with Crippen molar-refractivity contribution in [1.82, 2.24) is 15.0 Å². The van der Waals surface area contributed by atoms with Gasteiger partial charge in [0.05, 0.1) is 16.8 Å². The fourth-order valence-corrected chi connectivity index (χ4v) is 9.52. The zero-order valence-corrected chi connectivity index (χ0v) is 30.1. The number of hydrogen-bond acceptors (Lipinski definition) is 3. The van der Waals surface area contributed by atoms with Gasteiger partial charge in [-0.1, -0.05) is 141 Å². The van der Waals surface area contributed by atoms with Gasteiger partial charge in [-0.15, -0.1) is 0 Å². The molecule has 8 aromatic rings. The molecule has 0 aliphatic heterocycles. The van der Waals surface area contributed by atoms with Crippen LogP contribution in [0.25, 0.3) is 68.3 Å². The molecule has 0 fully saturated rings. The molecule has 3 aliphatic carbocycles. The molecular formula is C51H35N3. The first-order valence-corrected chi connectivity index (χ1v) is 18.7. The van der Waals surface area contributed by atoms with Gasteiger partial charge in [0.1, 0.15) is 0 Å². The highest BCUT2D eigenvalue weighted by Gasteiger charge is 2.50. The van der Waals surface area contributed by atoms with Crippen LogP contribution in [-0.2, 0) is 10.8 Å². The van der Waals surface area contributed by atoms with E-state index in [9.17, 15) is 0 Å². The Morgan fingerprint density at radius 2 is 1.02 bits per heavy atom. The van der Waals surface area contributed by atoms with E-state index in [1.165, 1.54) is 66.8 Å². The third kappa shape index (κ3) is 4.27. The molecule has 0 saturated carbocycles. The predicted octanol–water partition coefficient (Wildman–Crippen LogP) is 12.0. The first-order chi connectivity index (χ1) is 26.5. The SMILES string of the molecule is CC1(C)c2ccccc2-c2cc3c(cc21)-c1ccccc1C31c2ccccc2C=Cc2ccc(-c3nc(-c4ccccc4)cc(-c4cccnc4)n3)cc21. The average Bonchev–Trinajstić information content (AvgIpc) is 3.58. The minimum atomic E-state index is -0.586. The Morgan fingerprint density at radius 1 is 0.407 bits per heavy atom. The standard InChI is InChI=1S/C51H35N3/c1-50(2)42-20-10-7-17-37(42)39-29-46-40(28-45(39)50)38-18-8-11-21-43(38)51(46)41-19-9-6-13-32(41)22-23-33-24-25-35(27-44(33)51)49-53-47(34-14-4-3-5-15-34)30-48(54-49)36-16-12-26-52-31-36/h3-31H,1-2H3. The van der Waals surface area contributed by atoms with Gasteiger partial charge in [-0.25, -0.2) is 9.97 Å². The molecule has 54 heavy (non-hydrogen) atoms. The van der Waals surface area contributed by atoms with Gasteiger partial charge in [-0.3, -0.25) is 4.98 Å². The molecule has 3 heteroatoms. The van der Waals surface area contributed by atoms with Crippen LogP contribution in [0.4, 0.5) is 0 Å². The average molecular weight is 690 g/mol. The molecule has 0 N–H and O–H groups in total. The van der Waals surface area contributed by atoms with Gasteiger partial charge in [-0.05, 0) is 103 Å². The molecule has 2 aromatic heterocycles. The number of aromatic nitrogens is 3. The van der Waals surface area contributed by atoms with Crippen LogP contribution in [0.2, 0.25) is 0 Å². The van der Waals surface area contributed by atoms with Gasteiger partial charge in [0.25, 0.3) is 0 Å². The second-order valence-corrected chi connectivity index (χ2v) is 15.2. The van der Waals surface area contributed by atoms with Crippen molar-refractivity contribution in [2.45, 2.75) is 24.7 Å². The number of fused-ring (bicyclic) bond motifs is 12. The summed E-state index contributed by atoms with van der Waals surface area (Å²) in [5.41, 5.74) is 19.6. The van der Waals surface area contributed by atoms with Crippen LogP contribution >= 0.6 is 0 Å². The summed E-state index contributed by atoms with van der Waals surface area (Å²) in [4.78, 5) is 14.9. The molecule has 3 nitrogen and oxygen atoms in total. The summed E-state index contributed by atoms with van der Waals surface area (Å²) in [6, 6.07) is 55.3. The maximum atomic E-state index is 5.26. The van der Waals surface area contributed by atoms with Gasteiger partial charge >= 0.3 is 0 Å². The van der Waals surface area contributed by atoms with Gasteiger partial charge < -0.3 is 0 Å². The summed E-state index contributed by atoms with van der Waals surface area (Å²) >= 11 is 0. The van der Waals surface area contributed by atoms with Crippen LogP contribution < -0.4 is 0 Å². The zero-order valence-electron chi connectivity index (χ0n) is 30.1. The van der Waals surface area contributed by atoms with E-state index in [0.29, 0.717) is 5.82 Å². The van der Waals surface area contributed by atoms with Gasteiger partial charge in [0.2, 0.25) is 0 Å². The lowest BCUT2D eigenvalue weighted by molar-refractivity contribution is 0.660. The second kappa shape index (κ2) is 11.4. The minimum Gasteiger partial charge on any atom is -0.264 e. The molecule has 6 aromatic carbocycles. The topological polar surface area (TPSA) is 38.7 Å². The highest BCUT2D eigenvalue weighted by molar-refractivity contribution is 5.95. The van der Waals surface area contributed by atoms with Crippen molar-refractivity contribution in [3.8, 4) is 56.2 Å². The van der Waals surface area contributed by atoms with E-state index in [0.717, 1.165) is 28.1 Å². The smallest absolute Gasteiger partial charge is 0.160 e. The van der Waals surface area contributed by atoms with Gasteiger partial charge in [-0.2, -0.15) is 0 Å². The van der Waals surface area contributed by atoms with Crippen LogP contribution in [0.15, 0.2) is 164 Å². The molecule has 0 amide bonds. The van der Waals surface area contributed by atoms with E-state index in [-0.39, 0.29) is 5.41 Å². The Labute approximate surface area is 315 Å². The van der Waals surface area contributed by atoms with Crippen molar-refractivity contribution >= 4 is 12.2 Å². The molecule has 254 valence electrons. The van der Waals surface area contributed by atoms with Crippen molar-refractivity contribution in [2.24, 2.45) is 0 Å². The number of nitrogens with zero attached hydrogens (tertiary/aromatic N) is 3.